The number of aromatic hydroxyl groups is 1. The summed E-state index contributed by atoms with van der Waals surface area (Å²) in [4.78, 5) is 25.6. The molecule has 43 heavy (non-hydrogen) atoms. The highest BCUT2D eigenvalue weighted by atomic mass is 31.2. The Morgan fingerprint density at radius 2 is 1.53 bits per heavy atom. The van der Waals surface area contributed by atoms with Gasteiger partial charge in [0.1, 0.15) is 22.6 Å². The SMILES string of the molecule is CCOC(=O)C(C)(C)NP(=O)(COc1cc(C)c(Cc2ccc(O)c(C(C)C)c2)c(C)c1C)NC(C)(CC)C(=O)OCC. The van der Waals surface area contributed by atoms with Crippen LogP contribution in [0.3, 0.4) is 0 Å². The summed E-state index contributed by atoms with van der Waals surface area (Å²) in [6.07, 6.45) is 0.640. The zero-order chi connectivity index (χ0) is 32.8. The van der Waals surface area contributed by atoms with Gasteiger partial charge in [0, 0.05) is 0 Å². The topological polar surface area (TPSA) is 123 Å². The van der Waals surface area contributed by atoms with E-state index in [0.717, 1.165) is 33.4 Å². The molecule has 2 unspecified atom stereocenters. The molecule has 240 valence electrons. The third-order valence-electron chi connectivity index (χ3n) is 7.81. The summed E-state index contributed by atoms with van der Waals surface area (Å²) in [5.41, 5.74) is 3.46. The van der Waals surface area contributed by atoms with Crippen molar-refractivity contribution in [2.45, 2.75) is 106 Å². The standard InChI is InChI=1S/C33H51N2O7P/c1-12-33(11,31(38)41-14-3)35-43(39,34-32(9,10)30(37)40-13-2)20-42-29-17-22(6)27(23(7)24(29)8)19-25-15-16-28(36)26(18-25)21(4)5/h15-18,21,36H,12-14,19-20H2,1-11H3,(H2,34,35,39). The molecule has 0 spiro atoms. The van der Waals surface area contributed by atoms with Gasteiger partial charge >= 0.3 is 11.9 Å². The number of rotatable bonds is 15. The molecule has 0 radical (unpaired) electrons. The molecule has 2 aromatic carbocycles. The third kappa shape index (κ3) is 9.07. The molecule has 0 bridgehead atoms. The summed E-state index contributed by atoms with van der Waals surface area (Å²) in [6, 6.07) is 7.65. The minimum Gasteiger partial charge on any atom is -0.508 e. The molecule has 2 rings (SSSR count). The van der Waals surface area contributed by atoms with Gasteiger partial charge in [-0.1, -0.05) is 32.9 Å². The molecule has 0 aromatic heterocycles. The van der Waals surface area contributed by atoms with Crippen molar-refractivity contribution in [2.75, 3.05) is 19.6 Å². The largest absolute Gasteiger partial charge is 0.508 e. The molecule has 2 atom stereocenters. The van der Waals surface area contributed by atoms with Crippen molar-refractivity contribution in [2.24, 2.45) is 0 Å². The van der Waals surface area contributed by atoms with Gasteiger partial charge in [0.25, 0.3) is 0 Å². The normalized spacial score (nSPS) is 14.6. The third-order valence-corrected chi connectivity index (χ3v) is 10.1. The summed E-state index contributed by atoms with van der Waals surface area (Å²) in [6.45, 7) is 20.4. The Morgan fingerprint density at radius 1 is 0.930 bits per heavy atom. The van der Waals surface area contributed by atoms with E-state index in [4.69, 9.17) is 14.2 Å². The van der Waals surface area contributed by atoms with Gasteiger partial charge in [-0.05, 0) is 120 Å². The van der Waals surface area contributed by atoms with E-state index in [1.807, 2.05) is 39.0 Å². The lowest BCUT2D eigenvalue weighted by atomic mass is 9.91. The number of hydrogen-bond donors (Lipinski definition) is 3. The second-order valence-electron chi connectivity index (χ2n) is 12.1. The van der Waals surface area contributed by atoms with Crippen LogP contribution in [0.25, 0.3) is 0 Å². The van der Waals surface area contributed by atoms with Crippen molar-refractivity contribution in [3.05, 3.63) is 57.6 Å². The van der Waals surface area contributed by atoms with Crippen molar-refractivity contribution < 1.29 is 33.5 Å². The van der Waals surface area contributed by atoms with Gasteiger partial charge in [0.2, 0.25) is 7.44 Å². The second kappa shape index (κ2) is 14.7. The second-order valence-corrected chi connectivity index (χ2v) is 14.3. The molecule has 9 nitrogen and oxygen atoms in total. The first kappa shape index (κ1) is 36.3. The van der Waals surface area contributed by atoms with Gasteiger partial charge < -0.3 is 19.3 Å². The molecular formula is C33H51N2O7P. The summed E-state index contributed by atoms with van der Waals surface area (Å²) in [7, 11) is -3.78. The van der Waals surface area contributed by atoms with Crippen molar-refractivity contribution >= 4 is 19.4 Å². The fourth-order valence-electron chi connectivity index (χ4n) is 4.92. The van der Waals surface area contributed by atoms with E-state index < -0.39 is 30.5 Å². The number of ether oxygens (including phenoxy) is 3. The molecule has 0 amide bonds. The maximum Gasteiger partial charge on any atom is 0.326 e. The van der Waals surface area contributed by atoms with E-state index in [2.05, 4.69) is 24.0 Å². The van der Waals surface area contributed by atoms with Gasteiger partial charge in [-0.15, -0.1) is 0 Å². The average Bonchev–Trinajstić information content (AvgIpc) is 2.92. The Hall–Kier alpha value is -2.87. The maximum atomic E-state index is 14.5. The zero-order valence-corrected chi connectivity index (χ0v) is 28.7. The molecule has 0 saturated carbocycles. The molecule has 10 heteroatoms. The van der Waals surface area contributed by atoms with Crippen molar-refractivity contribution in [1.82, 2.24) is 10.2 Å². The predicted octanol–water partition coefficient (Wildman–Crippen LogP) is 6.81. The number of phenols is 1. The smallest absolute Gasteiger partial charge is 0.326 e. The Bertz CT molecular complexity index is 1360. The van der Waals surface area contributed by atoms with Crippen LogP contribution in [0.15, 0.2) is 24.3 Å². The predicted molar refractivity (Wildman–Crippen MR) is 171 cm³/mol. The first-order valence-electron chi connectivity index (χ1n) is 15.0. The number of carbonyl (C=O) groups excluding carboxylic acids is 2. The molecule has 2 aromatic rings. The first-order valence-corrected chi connectivity index (χ1v) is 16.9. The van der Waals surface area contributed by atoms with Crippen molar-refractivity contribution in [3.8, 4) is 11.5 Å². The molecule has 0 saturated heterocycles. The number of carbonyl (C=O) groups is 2. The van der Waals surface area contributed by atoms with Gasteiger partial charge in [-0.25, -0.2) is 10.2 Å². The average molecular weight is 619 g/mol. The molecule has 3 N–H and O–H groups in total. The van der Waals surface area contributed by atoms with Crippen LogP contribution >= 0.6 is 7.44 Å². The molecular weight excluding hydrogens is 567 g/mol. The maximum absolute atomic E-state index is 14.5. The van der Waals surface area contributed by atoms with Crippen LogP contribution in [-0.2, 0) is 30.0 Å². The quantitative estimate of drug-likeness (QED) is 0.146. The van der Waals surface area contributed by atoms with Gasteiger partial charge in [0.05, 0.1) is 13.2 Å². The van der Waals surface area contributed by atoms with Crippen molar-refractivity contribution in [3.63, 3.8) is 0 Å². The molecule has 0 aliphatic rings. The van der Waals surface area contributed by atoms with Crippen molar-refractivity contribution in [1.29, 1.82) is 0 Å². The summed E-state index contributed by atoms with van der Waals surface area (Å²) in [5.74, 6) is -0.0693. The zero-order valence-electron chi connectivity index (χ0n) is 27.8. The number of hydrogen-bond acceptors (Lipinski definition) is 7. The monoisotopic (exact) mass is 618 g/mol. The van der Waals surface area contributed by atoms with Crippen LogP contribution in [0.2, 0.25) is 0 Å². The van der Waals surface area contributed by atoms with Gasteiger partial charge in [0.15, 0.2) is 6.35 Å². The summed E-state index contributed by atoms with van der Waals surface area (Å²) in [5, 5.41) is 16.2. The molecule has 0 heterocycles. The van der Waals surface area contributed by atoms with Crippen LogP contribution in [0.5, 0.6) is 11.5 Å². The molecule has 0 fully saturated rings. The number of aryl methyl sites for hydroxylation is 1. The van der Waals surface area contributed by atoms with E-state index in [0.29, 0.717) is 24.3 Å². The van der Waals surface area contributed by atoms with Crippen LogP contribution < -0.4 is 14.9 Å². The first-order chi connectivity index (χ1) is 19.9. The Balaban J connectivity index is 2.45. The Morgan fingerprint density at radius 3 is 2.09 bits per heavy atom. The molecule has 0 aliphatic carbocycles. The lowest BCUT2D eigenvalue weighted by Crippen LogP contribution is -2.55. The number of nitrogens with one attached hydrogen (secondary N) is 2. The lowest BCUT2D eigenvalue weighted by Gasteiger charge is -2.36. The summed E-state index contributed by atoms with van der Waals surface area (Å²) >= 11 is 0. The highest BCUT2D eigenvalue weighted by molar-refractivity contribution is 7.59. The highest BCUT2D eigenvalue weighted by Crippen LogP contribution is 2.44. The van der Waals surface area contributed by atoms with Crippen LogP contribution in [-0.4, -0.2) is 47.7 Å². The number of esters is 2. The van der Waals surface area contributed by atoms with Crippen LogP contribution in [0.4, 0.5) is 0 Å². The Labute approximate surface area is 257 Å². The lowest BCUT2D eigenvalue weighted by molar-refractivity contribution is -0.149. The van der Waals surface area contributed by atoms with Crippen LogP contribution in [0.1, 0.15) is 101 Å². The Kier molecular flexibility index (Phi) is 12.4. The minimum absolute atomic E-state index is 0.167. The van der Waals surface area contributed by atoms with E-state index in [1.165, 1.54) is 0 Å². The minimum atomic E-state index is -3.78. The summed E-state index contributed by atoms with van der Waals surface area (Å²) < 4.78 is 31.2. The fraction of sp³-hybridized carbons (Fsp3) is 0.576. The van der Waals surface area contributed by atoms with E-state index in [-0.39, 0.29) is 25.5 Å². The number of phenolic OH excluding ortho intramolecular Hbond substituents is 1. The fourth-order valence-corrected chi connectivity index (χ4v) is 7.47. The van der Waals surface area contributed by atoms with Gasteiger partial charge in [-0.3, -0.25) is 14.2 Å². The highest BCUT2D eigenvalue weighted by Gasteiger charge is 2.44. The van der Waals surface area contributed by atoms with E-state index in [9.17, 15) is 19.3 Å². The van der Waals surface area contributed by atoms with E-state index in [1.54, 1.807) is 47.6 Å². The molecule has 0 aliphatic heterocycles. The number of benzene rings is 2. The van der Waals surface area contributed by atoms with Crippen LogP contribution in [0, 0.1) is 20.8 Å². The van der Waals surface area contributed by atoms with Gasteiger partial charge in [-0.2, -0.15) is 0 Å². The van der Waals surface area contributed by atoms with E-state index >= 15 is 0 Å².